The van der Waals surface area contributed by atoms with E-state index < -0.39 is 0 Å². The van der Waals surface area contributed by atoms with Crippen LogP contribution in [-0.2, 0) is 0 Å². The van der Waals surface area contributed by atoms with Gasteiger partial charge in [-0.25, -0.2) is 0 Å². The highest BCUT2D eigenvalue weighted by molar-refractivity contribution is 4.84. The van der Waals surface area contributed by atoms with Crippen LogP contribution in [-0.4, -0.2) is 37.6 Å². The molecule has 2 nitrogen and oxygen atoms in total. The zero-order valence-electron chi connectivity index (χ0n) is 13.3. The molecule has 0 unspecified atom stereocenters. The van der Waals surface area contributed by atoms with Gasteiger partial charge in [-0.05, 0) is 50.6 Å². The van der Waals surface area contributed by atoms with Crippen LogP contribution in [0.5, 0.6) is 0 Å². The molecule has 108 valence electrons. The van der Waals surface area contributed by atoms with E-state index in [-0.39, 0.29) is 0 Å². The van der Waals surface area contributed by atoms with E-state index in [1.165, 1.54) is 38.6 Å². The summed E-state index contributed by atoms with van der Waals surface area (Å²) in [6.45, 7) is 12.9. The maximum atomic E-state index is 3.74. The van der Waals surface area contributed by atoms with Crippen molar-refractivity contribution in [3.63, 3.8) is 0 Å². The summed E-state index contributed by atoms with van der Waals surface area (Å²) in [5.74, 6) is 0.943. The van der Waals surface area contributed by atoms with Crippen LogP contribution in [0.1, 0.15) is 59.8 Å². The molecule has 0 aromatic carbocycles. The maximum Gasteiger partial charge on any atom is 0.0104 e. The summed E-state index contributed by atoms with van der Waals surface area (Å²) in [5, 5.41) is 3.74. The van der Waals surface area contributed by atoms with Crippen molar-refractivity contribution in [1.29, 1.82) is 0 Å². The Morgan fingerprint density at radius 2 is 1.72 bits per heavy atom. The molecule has 0 bridgehead atoms. The molecular formula is C16H34N2. The molecule has 1 fully saturated rings. The minimum Gasteiger partial charge on any atom is -0.313 e. The van der Waals surface area contributed by atoms with Crippen LogP contribution in [0.3, 0.4) is 0 Å². The second-order valence-corrected chi connectivity index (χ2v) is 6.74. The van der Waals surface area contributed by atoms with Crippen LogP contribution in [0.4, 0.5) is 0 Å². The highest BCUT2D eigenvalue weighted by Gasteiger charge is 2.31. The fourth-order valence-corrected chi connectivity index (χ4v) is 2.99. The Bertz CT molecular complexity index is 217. The molecular weight excluding hydrogens is 220 g/mol. The predicted molar refractivity (Wildman–Crippen MR) is 81.0 cm³/mol. The van der Waals surface area contributed by atoms with Gasteiger partial charge in [-0.2, -0.15) is 0 Å². The molecule has 0 aromatic rings. The third kappa shape index (κ3) is 4.89. The first-order valence-electron chi connectivity index (χ1n) is 7.91. The van der Waals surface area contributed by atoms with Crippen LogP contribution in [0, 0.1) is 11.3 Å². The van der Waals surface area contributed by atoms with Crippen LogP contribution >= 0.6 is 0 Å². The molecule has 0 spiro atoms. The number of nitrogens with zero attached hydrogens (tertiary/aromatic N) is 1. The van der Waals surface area contributed by atoms with Gasteiger partial charge in [-0.3, -0.25) is 0 Å². The highest BCUT2D eigenvalue weighted by Crippen LogP contribution is 2.40. The highest BCUT2D eigenvalue weighted by atomic mass is 15.1. The van der Waals surface area contributed by atoms with Crippen molar-refractivity contribution >= 4 is 0 Å². The molecule has 1 saturated carbocycles. The third-order valence-electron chi connectivity index (χ3n) is 5.21. The van der Waals surface area contributed by atoms with Gasteiger partial charge in [-0.15, -0.1) is 0 Å². The molecule has 0 atom stereocenters. The van der Waals surface area contributed by atoms with E-state index in [4.69, 9.17) is 0 Å². The van der Waals surface area contributed by atoms with E-state index in [0.29, 0.717) is 5.41 Å². The molecule has 0 aromatic heterocycles. The number of hydrogen-bond acceptors (Lipinski definition) is 2. The Hall–Kier alpha value is -0.0800. The Kier molecular flexibility index (Phi) is 6.65. The normalized spacial score (nSPS) is 25.7. The Labute approximate surface area is 115 Å². The monoisotopic (exact) mass is 254 g/mol. The molecule has 0 saturated heterocycles. The van der Waals surface area contributed by atoms with Crippen LogP contribution in [0.25, 0.3) is 0 Å². The second kappa shape index (κ2) is 7.49. The number of hydrogen-bond donors (Lipinski definition) is 1. The molecule has 1 aliphatic carbocycles. The topological polar surface area (TPSA) is 15.3 Å². The minimum absolute atomic E-state index is 0.549. The van der Waals surface area contributed by atoms with E-state index in [9.17, 15) is 0 Å². The van der Waals surface area contributed by atoms with Gasteiger partial charge in [0.1, 0.15) is 0 Å². The summed E-state index contributed by atoms with van der Waals surface area (Å²) in [6.07, 6.45) is 6.91. The van der Waals surface area contributed by atoms with Crippen molar-refractivity contribution in [2.75, 3.05) is 26.7 Å². The van der Waals surface area contributed by atoms with Gasteiger partial charge in [0.15, 0.2) is 0 Å². The molecule has 0 radical (unpaired) electrons. The van der Waals surface area contributed by atoms with Crippen molar-refractivity contribution in [2.24, 2.45) is 11.3 Å². The SMILES string of the molecule is CCN(C)CCNC1CCC(C(C)(C)CC)CC1. The Morgan fingerprint density at radius 1 is 1.11 bits per heavy atom. The summed E-state index contributed by atoms with van der Waals surface area (Å²) >= 11 is 0. The van der Waals surface area contributed by atoms with E-state index in [2.05, 4.69) is 45.0 Å². The van der Waals surface area contributed by atoms with Crippen molar-refractivity contribution in [2.45, 2.75) is 65.8 Å². The summed E-state index contributed by atoms with van der Waals surface area (Å²) in [5.41, 5.74) is 0.549. The van der Waals surface area contributed by atoms with Crippen molar-refractivity contribution < 1.29 is 0 Å². The van der Waals surface area contributed by atoms with Gasteiger partial charge in [-0.1, -0.05) is 34.1 Å². The van der Waals surface area contributed by atoms with E-state index >= 15 is 0 Å². The van der Waals surface area contributed by atoms with Crippen LogP contribution in [0.2, 0.25) is 0 Å². The fourth-order valence-electron chi connectivity index (χ4n) is 2.99. The molecule has 1 rings (SSSR count). The van der Waals surface area contributed by atoms with Crippen molar-refractivity contribution in [3.05, 3.63) is 0 Å². The summed E-state index contributed by atoms with van der Waals surface area (Å²) in [7, 11) is 2.20. The first-order chi connectivity index (χ1) is 8.49. The van der Waals surface area contributed by atoms with Gasteiger partial charge >= 0.3 is 0 Å². The van der Waals surface area contributed by atoms with E-state index in [1.54, 1.807) is 0 Å². The van der Waals surface area contributed by atoms with Gasteiger partial charge in [0.05, 0.1) is 0 Å². The van der Waals surface area contributed by atoms with Gasteiger partial charge < -0.3 is 10.2 Å². The molecule has 0 aliphatic heterocycles. The Balaban J connectivity index is 2.19. The lowest BCUT2D eigenvalue weighted by Crippen LogP contribution is -2.39. The van der Waals surface area contributed by atoms with Crippen LogP contribution < -0.4 is 5.32 Å². The van der Waals surface area contributed by atoms with Crippen molar-refractivity contribution in [1.82, 2.24) is 10.2 Å². The van der Waals surface area contributed by atoms with Gasteiger partial charge in [0.25, 0.3) is 0 Å². The number of nitrogens with one attached hydrogen (secondary N) is 1. The summed E-state index contributed by atoms with van der Waals surface area (Å²) in [4.78, 5) is 2.37. The molecule has 2 heteroatoms. The lowest BCUT2D eigenvalue weighted by atomic mass is 9.69. The van der Waals surface area contributed by atoms with E-state index in [0.717, 1.165) is 25.0 Å². The lowest BCUT2D eigenvalue weighted by Gasteiger charge is -2.39. The van der Waals surface area contributed by atoms with Crippen molar-refractivity contribution in [3.8, 4) is 0 Å². The molecule has 0 amide bonds. The number of likely N-dealkylation sites (N-methyl/N-ethyl adjacent to an activating group) is 1. The van der Waals surface area contributed by atoms with E-state index in [1.807, 2.05) is 0 Å². The zero-order valence-corrected chi connectivity index (χ0v) is 13.3. The lowest BCUT2D eigenvalue weighted by molar-refractivity contribution is 0.136. The molecule has 18 heavy (non-hydrogen) atoms. The van der Waals surface area contributed by atoms with Gasteiger partial charge in [0.2, 0.25) is 0 Å². The average molecular weight is 254 g/mol. The summed E-state index contributed by atoms with van der Waals surface area (Å²) < 4.78 is 0. The maximum absolute atomic E-state index is 3.74. The fraction of sp³-hybridized carbons (Fsp3) is 1.00. The predicted octanol–water partition coefficient (Wildman–Crippen LogP) is 3.52. The first-order valence-corrected chi connectivity index (χ1v) is 7.91. The minimum atomic E-state index is 0.549. The third-order valence-corrected chi connectivity index (χ3v) is 5.21. The molecule has 0 heterocycles. The number of rotatable bonds is 7. The largest absolute Gasteiger partial charge is 0.313 e. The average Bonchev–Trinajstić information content (AvgIpc) is 2.39. The molecule has 1 N–H and O–H groups in total. The van der Waals surface area contributed by atoms with Crippen LogP contribution in [0.15, 0.2) is 0 Å². The standard InChI is InChI=1S/C16H34N2/c1-6-16(3,4)14-8-10-15(11-9-14)17-12-13-18(5)7-2/h14-15,17H,6-13H2,1-5H3. The zero-order chi connectivity index (χ0) is 13.6. The first kappa shape index (κ1) is 16.0. The second-order valence-electron chi connectivity index (χ2n) is 6.74. The molecule has 1 aliphatic rings. The van der Waals surface area contributed by atoms with Gasteiger partial charge in [0, 0.05) is 19.1 Å². The quantitative estimate of drug-likeness (QED) is 0.748. The smallest absolute Gasteiger partial charge is 0.0104 e. The Morgan fingerprint density at radius 3 is 2.22 bits per heavy atom. The summed E-state index contributed by atoms with van der Waals surface area (Å²) in [6, 6.07) is 0.777.